The lowest BCUT2D eigenvalue weighted by Gasteiger charge is -2.45. The molecule has 1 heterocycles. The van der Waals surface area contributed by atoms with Gasteiger partial charge in [0, 0.05) is 20.2 Å². The molecule has 1 unspecified atom stereocenters. The van der Waals surface area contributed by atoms with Gasteiger partial charge in [-0.05, 0) is 20.8 Å². The van der Waals surface area contributed by atoms with Crippen molar-refractivity contribution in [3.05, 3.63) is 0 Å². The summed E-state index contributed by atoms with van der Waals surface area (Å²) in [4.78, 5) is 2.27. The Morgan fingerprint density at radius 2 is 2.27 bits per heavy atom. The first kappa shape index (κ1) is 12.5. The molecule has 0 aromatic rings. The molecule has 0 saturated carbocycles. The van der Waals surface area contributed by atoms with E-state index in [1.807, 2.05) is 0 Å². The quantitative estimate of drug-likeness (QED) is 0.653. The van der Waals surface area contributed by atoms with Crippen LogP contribution in [0.3, 0.4) is 0 Å². The Labute approximate surface area is 92.7 Å². The van der Waals surface area contributed by atoms with Crippen LogP contribution in [0.1, 0.15) is 20.8 Å². The molecule has 3 heteroatoms. The Bertz CT molecular complexity index is 253. The van der Waals surface area contributed by atoms with Gasteiger partial charge in [-0.2, -0.15) is 0 Å². The SMILES string of the molecule is C#CC(C)(C)N1CCOC(C)(COC)C1. The van der Waals surface area contributed by atoms with Crippen LogP contribution in [-0.4, -0.2) is 49.5 Å². The molecule has 1 fully saturated rings. The number of morpholine rings is 1. The third kappa shape index (κ3) is 2.94. The Hall–Kier alpha value is -0.560. The van der Waals surface area contributed by atoms with Gasteiger partial charge in [0.25, 0.3) is 0 Å². The smallest absolute Gasteiger partial charge is 0.101 e. The second kappa shape index (κ2) is 4.52. The van der Waals surface area contributed by atoms with Gasteiger partial charge in [-0.25, -0.2) is 0 Å². The zero-order chi connectivity index (χ0) is 11.5. The lowest BCUT2D eigenvalue weighted by Crippen LogP contribution is -2.58. The summed E-state index contributed by atoms with van der Waals surface area (Å²) in [5, 5.41) is 0. The van der Waals surface area contributed by atoms with Crippen molar-refractivity contribution in [1.82, 2.24) is 4.90 Å². The fraction of sp³-hybridized carbons (Fsp3) is 0.833. The van der Waals surface area contributed by atoms with Crippen molar-refractivity contribution in [2.24, 2.45) is 0 Å². The van der Waals surface area contributed by atoms with E-state index < -0.39 is 0 Å². The number of nitrogens with zero attached hydrogens (tertiary/aromatic N) is 1. The Kier molecular flexibility index (Phi) is 3.77. The fourth-order valence-electron chi connectivity index (χ4n) is 1.89. The predicted molar refractivity (Wildman–Crippen MR) is 60.7 cm³/mol. The monoisotopic (exact) mass is 211 g/mol. The van der Waals surface area contributed by atoms with Crippen LogP contribution in [0.4, 0.5) is 0 Å². The molecule has 1 aliphatic rings. The molecule has 0 aromatic heterocycles. The second-order valence-corrected chi connectivity index (χ2v) is 4.86. The molecule has 0 aromatic carbocycles. The minimum atomic E-state index is -0.235. The Morgan fingerprint density at radius 1 is 1.60 bits per heavy atom. The van der Waals surface area contributed by atoms with E-state index >= 15 is 0 Å². The van der Waals surface area contributed by atoms with Crippen LogP contribution < -0.4 is 0 Å². The van der Waals surface area contributed by atoms with Crippen molar-refractivity contribution in [1.29, 1.82) is 0 Å². The summed E-state index contributed by atoms with van der Waals surface area (Å²) in [6.07, 6.45) is 5.54. The molecule has 1 atom stereocenters. The molecular formula is C12H21NO2. The van der Waals surface area contributed by atoms with E-state index in [9.17, 15) is 0 Å². The molecule has 0 radical (unpaired) electrons. The minimum Gasteiger partial charge on any atom is -0.382 e. The largest absolute Gasteiger partial charge is 0.382 e. The first-order valence-corrected chi connectivity index (χ1v) is 5.29. The van der Waals surface area contributed by atoms with Crippen LogP contribution in [0, 0.1) is 12.3 Å². The first-order chi connectivity index (χ1) is 6.93. The molecule has 1 aliphatic heterocycles. The summed E-state index contributed by atoms with van der Waals surface area (Å²) in [6, 6.07) is 0. The fourth-order valence-corrected chi connectivity index (χ4v) is 1.89. The number of hydrogen-bond donors (Lipinski definition) is 0. The zero-order valence-corrected chi connectivity index (χ0v) is 10.2. The molecule has 1 rings (SSSR count). The Morgan fingerprint density at radius 3 is 2.80 bits per heavy atom. The lowest BCUT2D eigenvalue weighted by molar-refractivity contribution is -0.139. The minimum absolute atomic E-state index is 0.210. The third-order valence-electron chi connectivity index (χ3n) is 2.93. The van der Waals surface area contributed by atoms with Gasteiger partial charge in [0.05, 0.1) is 18.8 Å². The number of terminal acetylenes is 1. The number of rotatable bonds is 3. The molecule has 1 saturated heterocycles. The lowest BCUT2D eigenvalue weighted by atomic mass is 9.98. The van der Waals surface area contributed by atoms with Crippen molar-refractivity contribution < 1.29 is 9.47 Å². The van der Waals surface area contributed by atoms with Crippen LogP contribution in [0.15, 0.2) is 0 Å². The van der Waals surface area contributed by atoms with Crippen LogP contribution in [-0.2, 0) is 9.47 Å². The van der Waals surface area contributed by atoms with Crippen molar-refractivity contribution in [3.8, 4) is 12.3 Å². The number of hydrogen-bond acceptors (Lipinski definition) is 3. The van der Waals surface area contributed by atoms with Crippen LogP contribution in [0.2, 0.25) is 0 Å². The van der Waals surface area contributed by atoms with Gasteiger partial charge in [-0.1, -0.05) is 5.92 Å². The van der Waals surface area contributed by atoms with Crippen LogP contribution >= 0.6 is 0 Å². The highest BCUT2D eigenvalue weighted by molar-refractivity contribution is 5.10. The van der Waals surface area contributed by atoms with Gasteiger partial charge < -0.3 is 9.47 Å². The number of methoxy groups -OCH3 is 1. The normalized spacial score (nSPS) is 28.7. The average Bonchev–Trinajstić information content (AvgIpc) is 2.18. The molecule has 0 spiro atoms. The summed E-state index contributed by atoms with van der Waals surface area (Å²) in [5.74, 6) is 2.82. The van der Waals surface area contributed by atoms with Gasteiger partial charge >= 0.3 is 0 Å². The van der Waals surface area contributed by atoms with Gasteiger partial charge in [-0.15, -0.1) is 6.42 Å². The third-order valence-corrected chi connectivity index (χ3v) is 2.93. The first-order valence-electron chi connectivity index (χ1n) is 5.29. The highest BCUT2D eigenvalue weighted by Crippen LogP contribution is 2.24. The van der Waals surface area contributed by atoms with Crippen molar-refractivity contribution in [2.75, 3.05) is 33.4 Å². The summed E-state index contributed by atoms with van der Waals surface area (Å²) in [5.41, 5.74) is -0.445. The highest BCUT2D eigenvalue weighted by atomic mass is 16.5. The van der Waals surface area contributed by atoms with Crippen molar-refractivity contribution >= 4 is 0 Å². The second-order valence-electron chi connectivity index (χ2n) is 4.86. The van der Waals surface area contributed by atoms with Crippen LogP contribution in [0.25, 0.3) is 0 Å². The summed E-state index contributed by atoms with van der Waals surface area (Å²) >= 11 is 0. The van der Waals surface area contributed by atoms with E-state index in [0.29, 0.717) is 13.2 Å². The molecular weight excluding hydrogens is 190 g/mol. The standard InChI is InChI=1S/C12H21NO2/c1-6-11(2,3)13-7-8-15-12(4,9-13)10-14-5/h1H,7-10H2,2-5H3. The van der Waals surface area contributed by atoms with Crippen molar-refractivity contribution in [3.63, 3.8) is 0 Å². The topological polar surface area (TPSA) is 21.7 Å². The Balaban J connectivity index is 2.68. The van der Waals surface area contributed by atoms with Gasteiger partial charge in [0.15, 0.2) is 0 Å². The zero-order valence-electron chi connectivity index (χ0n) is 10.2. The molecule has 86 valence electrons. The highest BCUT2D eigenvalue weighted by Gasteiger charge is 2.37. The van der Waals surface area contributed by atoms with E-state index in [1.54, 1.807) is 7.11 Å². The number of ether oxygens (including phenoxy) is 2. The van der Waals surface area contributed by atoms with Gasteiger partial charge in [0.2, 0.25) is 0 Å². The molecule has 0 aliphatic carbocycles. The average molecular weight is 211 g/mol. The molecule has 0 N–H and O–H groups in total. The van der Waals surface area contributed by atoms with Gasteiger partial charge in [0.1, 0.15) is 5.60 Å². The van der Waals surface area contributed by atoms with Gasteiger partial charge in [-0.3, -0.25) is 4.90 Å². The maximum Gasteiger partial charge on any atom is 0.101 e. The molecule has 0 amide bonds. The maximum atomic E-state index is 5.74. The molecule has 3 nitrogen and oxygen atoms in total. The van der Waals surface area contributed by atoms with E-state index in [1.165, 1.54) is 0 Å². The van der Waals surface area contributed by atoms with E-state index in [4.69, 9.17) is 15.9 Å². The van der Waals surface area contributed by atoms with Crippen LogP contribution in [0.5, 0.6) is 0 Å². The maximum absolute atomic E-state index is 5.74. The van der Waals surface area contributed by atoms with E-state index in [-0.39, 0.29) is 11.1 Å². The van der Waals surface area contributed by atoms with E-state index in [2.05, 4.69) is 31.6 Å². The summed E-state index contributed by atoms with van der Waals surface area (Å²) < 4.78 is 10.9. The summed E-state index contributed by atoms with van der Waals surface area (Å²) in [7, 11) is 1.69. The van der Waals surface area contributed by atoms with Crippen molar-refractivity contribution in [2.45, 2.75) is 31.9 Å². The molecule has 0 bridgehead atoms. The van der Waals surface area contributed by atoms with E-state index in [0.717, 1.165) is 13.1 Å². The predicted octanol–water partition coefficient (Wildman–Crippen LogP) is 1.14. The molecule has 15 heavy (non-hydrogen) atoms. The summed E-state index contributed by atoms with van der Waals surface area (Å²) in [6.45, 7) is 9.20.